The molecular formula is C20H18N2O6. The minimum absolute atomic E-state index is 0.138. The monoisotopic (exact) mass is 382 g/mol. The van der Waals surface area contributed by atoms with Crippen LogP contribution in [0, 0.1) is 0 Å². The zero-order chi connectivity index (χ0) is 20.1. The van der Waals surface area contributed by atoms with Gasteiger partial charge in [-0.1, -0.05) is 12.1 Å². The smallest absolute Gasteiger partial charge is 0.338 e. The van der Waals surface area contributed by atoms with Crippen LogP contribution < -0.4 is 15.0 Å². The molecule has 0 radical (unpaired) electrons. The molecule has 0 saturated carbocycles. The molecule has 0 aliphatic carbocycles. The van der Waals surface area contributed by atoms with E-state index < -0.39 is 18.5 Å². The fraction of sp³-hybridized carbons (Fsp3) is 0.200. The Hall–Kier alpha value is -3.68. The zero-order valence-electron chi connectivity index (χ0n) is 15.1. The topological polar surface area (TPSA) is 102 Å². The summed E-state index contributed by atoms with van der Waals surface area (Å²) in [7, 11) is 1.51. The molecule has 0 spiro atoms. The molecule has 144 valence electrons. The maximum absolute atomic E-state index is 12.2. The van der Waals surface area contributed by atoms with Gasteiger partial charge in [-0.15, -0.1) is 0 Å². The Bertz CT molecular complexity index is 924. The Balaban J connectivity index is 1.60. The van der Waals surface area contributed by atoms with E-state index in [1.807, 2.05) is 0 Å². The average molecular weight is 382 g/mol. The van der Waals surface area contributed by atoms with Gasteiger partial charge >= 0.3 is 5.97 Å². The van der Waals surface area contributed by atoms with Gasteiger partial charge in [0.2, 0.25) is 11.8 Å². The van der Waals surface area contributed by atoms with Crippen LogP contribution >= 0.6 is 0 Å². The number of methoxy groups -OCH3 is 1. The fourth-order valence-corrected chi connectivity index (χ4v) is 2.75. The molecule has 0 atom stereocenters. The Labute approximate surface area is 161 Å². The molecule has 1 heterocycles. The maximum Gasteiger partial charge on any atom is 0.338 e. The Kier molecular flexibility index (Phi) is 5.69. The van der Waals surface area contributed by atoms with Crippen LogP contribution in [0.3, 0.4) is 0 Å². The van der Waals surface area contributed by atoms with Crippen molar-refractivity contribution in [3.05, 3.63) is 54.1 Å². The Morgan fingerprint density at radius 2 is 1.75 bits per heavy atom. The molecule has 1 aliphatic heterocycles. The number of carbonyl (C=O) groups is 4. The predicted molar refractivity (Wildman–Crippen MR) is 100 cm³/mol. The van der Waals surface area contributed by atoms with Crippen molar-refractivity contribution in [1.82, 2.24) is 0 Å². The first kappa shape index (κ1) is 19.1. The number of nitrogens with one attached hydrogen (secondary N) is 1. The number of nitrogens with zero attached hydrogens (tertiary/aromatic N) is 1. The largest absolute Gasteiger partial charge is 0.497 e. The van der Waals surface area contributed by atoms with Crippen LogP contribution in [0.25, 0.3) is 0 Å². The molecule has 2 aromatic rings. The van der Waals surface area contributed by atoms with Gasteiger partial charge in [0.15, 0.2) is 6.61 Å². The van der Waals surface area contributed by atoms with E-state index in [1.54, 1.807) is 36.4 Å². The number of imide groups is 1. The summed E-state index contributed by atoms with van der Waals surface area (Å²) in [4.78, 5) is 48.9. The lowest BCUT2D eigenvalue weighted by Crippen LogP contribution is -2.28. The van der Waals surface area contributed by atoms with Crippen molar-refractivity contribution in [1.29, 1.82) is 0 Å². The number of amides is 3. The van der Waals surface area contributed by atoms with E-state index in [4.69, 9.17) is 9.47 Å². The average Bonchev–Trinajstić information content (AvgIpc) is 3.04. The summed E-state index contributed by atoms with van der Waals surface area (Å²) in [6.45, 7) is -0.484. The SMILES string of the molecule is COc1cccc(NC(=O)COC(=O)c2cccc(N3C(=O)CCC3=O)c2)c1. The van der Waals surface area contributed by atoms with Crippen LogP contribution in [0.5, 0.6) is 5.75 Å². The lowest BCUT2D eigenvalue weighted by molar-refractivity contribution is -0.121. The molecule has 8 nitrogen and oxygen atoms in total. The predicted octanol–water partition coefficient (Wildman–Crippen LogP) is 2.14. The number of benzene rings is 2. The van der Waals surface area contributed by atoms with Crippen molar-refractivity contribution >= 4 is 35.1 Å². The van der Waals surface area contributed by atoms with Gasteiger partial charge in [0.05, 0.1) is 18.4 Å². The van der Waals surface area contributed by atoms with Gasteiger partial charge in [-0.25, -0.2) is 4.79 Å². The maximum atomic E-state index is 12.2. The third-order valence-electron chi connectivity index (χ3n) is 4.08. The quantitative estimate of drug-likeness (QED) is 0.607. The second-order valence-electron chi connectivity index (χ2n) is 6.03. The standard InChI is InChI=1S/C20H18N2O6/c1-27-16-7-3-5-14(11-16)21-17(23)12-28-20(26)13-4-2-6-15(10-13)22-18(24)8-9-19(22)25/h2-7,10-11H,8-9,12H2,1H3,(H,21,23). The van der Waals surface area contributed by atoms with Crippen molar-refractivity contribution in [2.24, 2.45) is 0 Å². The van der Waals surface area contributed by atoms with E-state index in [0.717, 1.165) is 4.90 Å². The van der Waals surface area contributed by atoms with Crippen LogP contribution in [0.15, 0.2) is 48.5 Å². The van der Waals surface area contributed by atoms with Crippen LogP contribution in [-0.4, -0.2) is 37.4 Å². The van der Waals surface area contributed by atoms with Crippen molar-refractivity contribution in [3.63, 3.8) is 0 Å². The Morgan fingerprint density at radius 3 is 2.46 bits per heavy atom. The highest BCUT2D eigenvalue weighted by atomic mass is 16.5. The second-order valence-corrected chi connectivity index (χ2v) is 6.03. The molecular weight excluding hydrogens is 364 g/mol. The number of ether oxygens (including phenoxy) is 2. The number of rotatable bonds is 6. The summed E-state index contributed by atoms with van der Waals surface area (Å²) in [6, 6.07) is 12.7. The van der Waals surface area contributed by atoms with E-state index in [-0.39, 0.29) is 30.2 Å². The van der Waals surface area contributed by atoms with Gasteiger partial charge in [0.1, 0.15) is 5.75 Å². The third kappa shape index (κ3) is 4.35. The van der Waals surface area contributed by atoms with Crippen LogP contribution in [0.2, 0.25) is 0 Å². The highest BCUT2D eigenvalue weighted by Crippen LogP contribution is 2.23. The number of esters is 1. The lowest BCUT2D eigenvalue weighted by atomic mass is 10.2. The van der Waals surface area contributed by atoms with Crippen molar-refractivity contribution in [3.8, 4) is 5.75 Å². The summed E-state index contributed by atoms with van der Waals surface area (Å²) in [5, 5.41) is 2.60. The van der Waals surface area contributed by atoms with Crippen molar-refractivity contribution < 1.29 is 28.7 Å². The fourth-order valence-electron chi connectivity index (χ4n) is 2.75. The van der Waals surface area contributed by atoms with E-state index in [1.165, 1.54) is 19.2 Å². The number of anilines is 2. The highest BCUT2D eigenvalue weighted by molar-refractivity contribution is 6.20. The normalized spacial score (nSPS) is 13.4. The van der Waals surface area contributed by atoms with Gasteiger partial charge in [-0.2, -0.15) is 0 Å². The van der Waals surface area contributed by atoms with E-state index in [9.17, 15) is 19.2 Å². The molecule has 28 heavy (non-hydrogen) atoms. The lowest BCUT2D eigenvalue weighted by Gasteiger charge is -2.14. The van der Waals surface area contributed by atoms with E-state index in [0.29, 0.717) is 17.1 Å². The molecule has 8 heteroatoms. The second kappa shape index (κ2) is 8.34. The minimum atomic E-state index is -0.735. The molecule has 1 aliphatic rings. The molecule has 3 amide bonds. The van der Waals surface area contributed by atoms with Gasteiger partial charge in [0, 0.05) is 24.6 Å². The highest BCUT2D eigenvalue weighted by Gasteiger charge is 2.30. The minimum Gasteiger partial charge on any atom is -0.497 e. The first-order chi connectivity index (χ1) is 13.5. The van der Waals surface area contributed by atoms with Crippen molar-refractivity contribution in [2.45, 2.75) is 12.8 Å². The van der Waals surface area contributed by atoms with Gasteiger partial charge in [0.25, 0.3) is 5.91 Å². The summed E-state index contributed by atoms with van der Waals surface area (Å²) in [5.74, 6) is -1.29. The summed E-state index contributed by atoms with van der Waals surface area (Å²) in [5.41, 5.74) is 0.954. The van der Waals surface area contributed by atoms with Crippen LogP contribution in [0.4, 0.5) is 11.4 Å². The molecule has 0 unspecified atom stereocenters. The molecule has 3 rings (SSSR count). The van der Waals surface area contributed by atoms with Crippen molar-refractivity contribution in [2.75, 3.05) is 23.9 Å². The first-order valence-electron chi connectivity index (χ1n) is 8.55. The van der Waals surface area contributed by atoms with Gasteiger partial charge < -0.3 is 14.8 Å². The van der Waals surface area contributed by atoms with Gasteiger partial charge in [-0.05, 0) is 30.3 Å². The summed E-state index contributed by atoms with van der Waals surface area (Å²) in [6.07, 6.45) is 0.301. The molecule has 2 aromatic carbocycles. The molecule has 1 N–H and O–H groups in total. The number of hydrogen-bond acceptors (Lipinski definition) is 6. The first-order valence-corrected chi connectivity index (χ1v) is 8.55. The third-order valence-corrected chi connectivity index (χ3v) is 4.08. The van der Waals surface area contributed by atoms with E-state index >= 15 is 0 Å². The summed E-state index contributed by atoms with van der Waals surface area (Å²) >= 11 is 0. The van der Waals surface area contributed by atoms with Crippen LogP contribution in [-0.2, 0) is 19.1 Å². The zero-order valence-corrected chi connectivity index (χ0v) is 15.1. The molecule has 0 aromatic heterocycles. The van der Waals surface area contributed by atoms with E-state index in [2.05, 4.69) is 5.32 Å². The Morgan fingerprint density at radius 1 is 1.04 bits per heavy atom. The number of hydrogen-bond donors (Lipinski definition) is 1. The van der Waals surface area contributed by atoms with Crippen LogP contribution in [0.1, 0.15) is 23.2 Å². The molecule has 1 fully saturated rings. The number of carbonyl (C=O) groups excluding carboxylic acids is 4. The van der Waals surface area contributed by atoms with Gasteiger partial charge in [-0.3, -0.25) is 19.3 Å². The summed E-state index contributed by atoms with van der Waals surface area (Å²) < 4.78 is 10.1. The molecule has 1 saturated heterocycles. The molecule has 0 bridgehead atoms.